The van der Waals surface area contributed by atoms with Crippen LogP contribution in [0.15, 0.2) is 41.4 Å². The van der Waals surface area contributed by atoms with Gasteiger partial charge in [0, 0.05) is 12.1 Å². The van der Waals surface area contributed by atoms with Gasteiger partial charge >= 0.3 is 0 Å². The molecule has 3 atom stereocenters. The molecule has 0 radical (unpaired) electrons. The maximum atomic E-state index is 12.9. The molecule has 0 aliphatic carbocycles. The summed E-state index contributed by atoms with van der Waals surface area (Å²) in [4.78, 5) is 19.6. The van der Waals surface area contributed by atoms with Crippen molar-refractivity contribution in [2.24, 2.45) is 10.9 Å². The standard InChI is InChI=1S/C24H29ClN6O3S/c1-5-14-8-6-7-9-17(14)31-22(26)21-13(2)29-30-23(21)28-24(31)35-12-20(32)27-16-10-15(25)18(33-3)11-19(16)34-4/h6-11,13,21,23,26,29-30H,5,12H2,1-4H3,(H,27,32). The number of para-hydroxylation sites is 1. The zero-order valence-electron chi connectivity index (χ0n) is 20.0. The number of amidine groups is 2. The highest BCUT2D eigenvalue weighted by atomic mass is 35.5. The first kappa shape index (κ1) is 25.3. The molecule has 1 amide bonds. The van der Waals surface area contributed by atoms with E-state index in [1.165, 1.54) is 26.0 Å². The number of aryl methyl sites for hydroxylation is 1. The average Bonchev–Trinajstić information content (AvgIpc) is 3.23. The molecule has 2 aliphatic rings. The molecule has 186 valence electrons. The van der Waals surface area contributed by atoms with Crippen LogP contribution < -0.4 is 30.5 Å². The summed E-state index contributed by atoms with van der Waals surface area (Å²) in [7, 11) is 3.03. The number of anilines is 2. The number of methoxy groups -OCH3 is 2. The zero-order chi connectivity index (χ0) is 25.1. The molecule has 3 unspecified atom stereocenters. The normalized spacial score (nSPS) is 21.4. The van der Waals surface area contributed by atoms with E-state index in [2.05, 4.69) is 29.2 Å². The Bertz CT molecular complexity index is 1160. The second-order valence-electron chi connectivity index (χ2n) is 8.19. The van der Waals surface area contributed by atoms with Crippen molar-refractivity contribution in [3.05, 3.63) is 47.0 Å². The van der Waals surface area contributed by atoms with Crippen LogP contribution in [0, 0.1) is 11.3 Å². The lowest BCUT2D eigenvalue weighted by Crippen LogP contribution is -2.50. The van der Waals surface area contributed by atoms with Crippen LogP contribution in [0.3, 0.4) is 0 Å². The first-order chi connectivity index (χ1) is 16.9. The van der Waals surface area contributed by atoms with E-state index in [4.69, 9.17) is 31.5 Å². The minimum Gasteiger partial charge on any atom is -0.495 e. The van der Waals surface area contributed by atoms with Gasteiger partial charge in [0.15, 0.2) is 5.17 Å². The lowest BCUT2D eigenvalue weighted by atomic mass is 9.96. The van der Waals surface area contributed by atoms with E-state index in [0.717, 1.165) is 17.7 Å². The van der Waals surface area contributed by atoms with Crippen molar-refractivity contribution in [1.29, 1.82) is 5.41 Å². The molecule has 9 nitrogen and oxygen atoms in total. The van der Waals surface area contributed by atoms with Gasteiger partial charge in [0.2, 0.25) is 5.91 Å². The first-order valence-corrected chi connectivity index (χ1v) is 12.6. The Morgan fingerprint density at radius 1 is 1.23 bits per heavy atom. The molecule has 0 spiro atoms. The minimum absolute atomic E-state index is 0.0506. The van der Waals surface area contributed by atoms with E-state index in [1.54, 1.807) is 12.1 Å². The number of rotatable bonds is 7. The summed E-state index contributed by atoms with van der Waals surface area (Å²) in [5.74, 6) is 1.06. The molecule has 4 N–H and O–H groups in total. The topological polar surface area (TPSA) is 111 Å². The van der Waals surface area contributed by atoms with Crippen LogP contribution >= 0.6 is 23.4 Å². The Balaban J connectivity index is 1.57. The van der Waals surface area contributed by atoms with Gasteiger partial charge in [-0.15, -0.1) is 0 Å². The Hall–Kier alpha value is -2.79. The van der Waals surface area contributed by atoms with Crippen molar-refractivity contribution >= 4 is 51.6 Å². The van der Waals surface area contributed by atoms with Crippen LogP contribution in [0.5, 0.6) is 11.5 Å². The van der Waals surface area contributed by atoms with Crippen molar-refractivity contribution in [3.8, 4) is 11.5 Å². The fourth-order valence-electron chi connectivity index (χ4n) is 4.23. The molecule has 2 aliphatic heterocycles. The Labute approximate surface area is 214 Å². The van der Waals surface area contributed by atoms with Crippen LogP contribution in [0.1, 0.15) is 19.4 Å². The third kappa shape index (κ3) is 5.11. The number of carbonyl (C=O) groups excluding carboxylic acids is 1. The lowest BCUT2D eigenvalue weighted by Gasteiger charge is -2.36. The second-order valence-corrected chi connectivity index (χ2v) is 9.54. The number of halogens is 1. The molecule has 0 saturated carbocycles. The van der Waals surface area contributed by atoms with Crippen molar-refractivity contribution in [3.63, 3.8) is 0 Å². The number of nitrogens with one attached hydrogen (secondary N) is 4. The van der Waals surface area contributed by atoms with E-state index in [1.807, 2.05) is 30.0 Å². The number of hydrazine groups is 1. The number of fused-ring (bicyclic) bond motifs is 1. The highest BCUT2D eigenvalue weighted by Gasteiger charge is 2.44. The van der Waals surface area contributed by atoms with Crippen molar-refractivity contribution in [2.45, 2.75) is 32.5 Å². The number of nitrogens with zero attached hydrogens (tertiary/aromatic N) is 2. The predicted octanol–water partition coefficient (Wildman–Crippen LogP) is 3.88. The van der Waals surface area contributed by atoms with Crippen LogP contribution in [0.4, 0.5) is 11.4 Å². The third-order valence-electron chi connectivity index (χ3n) is 6.03. The third-order valence-corrected chi connectivity index (χ3v) is 7.28. The molecule has 1 saturated heterocycles. The summed E-state index contributed by atoms with van der Waals surface area (Å²) in [6, 6.07) is 11.3. The predicted molar refractivity (Wildman–Crippen MR) is 142 cm³/mol. The van der Waals surface area contributed by atoms with Crippen molar-refractivity contribution in [2.75, 3.05) is 30.2 Å². The summed E-state index contributed by atoms with van der Waals surface area (Å²) >= 11 is 7.52. The van der Waals surface area contributed by atoms with E-state index < -0.39 is 0 Å². The van der Waals surface area contributed by atoms with Gasteiger partial charge in [-0.05, 0) is 31.0 Å². The molecule has 0 bridgehead atoms. The van der Waals surface area contributed by atoms with Crippen molar-refractivity contribution < 1.29 is 14.3 Å². The summed E-state index contributed by atoms with van der Waals surface area (Å²) in [5.41, 5.74) is 8.82. The molecular weight excluding hydrogens is 488 g/mol. The largest absolute Gasteiger partial charge is 0.495 e. The van der Waals surface area contributed by atoms with Crippen LogP contribution in [0.25, 0.3) is 0 Å². The van der Waals surface area contributed by atoms with Crippen LogP contribution in [-0.2, 0) is 11.2 Å². The number of ether oxygens (including phenoxy) is 2. The fourth-order valence-corrected chi connectivity index (χ4v) is 5.32. The van der Waals surface area contributed by atoms with Gasteiger partial charge in [0.1, 0.15) is 23.5 Å². The zero-order valence-corrected chi connectivity index (χ0v) is 21.6. The molecule has 35 heavy (non-hydrogen) atoms. The number of aliphatic imine (C=N–C) groups is 1. The Morgan fingerprint density at radius 3 is 2.69 bits per heavy atom. The molecule has 4 rings (SSSR count). The quantitative estimate of drug-likeness (QED) is 0.442. The second kappa shape index (κ2) is 10.9. The van der Waals surface area contributed by atoms with Gasteiger partial charge in [0.25, 0.3) is 0 Å². The van der Waals surface area contributed by atoms with E-state index in [9.17, 15) is 4.79 Å². The number of hydrogen-bond acceptors (Lipinski definition) is 8. The number of thioether (sulfide) groups is 1. The maximum absolute atomic E-state index is 12.9. The minimum atomic E-state index is -0.270. The van der Waals surface area contributed by atoms with E-state index in [-0.39, 0.29) is 29.8 Å². The highest BCUT2D eigenvalue weighted by Crippen LogP contribution is 2.37. The van der Waals surface area contributed by atoms with Gasteiger partial charge in [-0.1, -0.05) is 48.5 Å². The lowest BCUT2D eigenvalue weighted by molar-refractivity contribution is -0.113. The monoisotopic (exact) mass is 516 g/mol. The first-order valence-electron chi connectivity index (χ1n) is 11.3. The molecule has 0 aromatic heterocycles. The molecule has 2 heterocycles. The number of hydrogen-bond donors (Lipinski definition) is 4. The molecular formula is C24H29ClN6O3S. The number of carbonyl (C=O) groups is 1. The summed E-state index contributed by atoms with van der Waals surface area (Å²) in [6.07, 6.45) is 0.546. The average molecular weight is 517 g/mol. The number of amides is 1. The molecule has 1 fully saturated rings. The van der Waals surface area contributed by atoms with Gasteiger partial charge in [-0.2, -0.15) is 0 Å². The molecule has 2 aromatic carbocycles. The SMILES string of the molecule is CCc1ccccc1N1C(=N)C2C(C)NNC2N=C1SCC(=O)Nc1cc(Cl)c(OC)cc1OC. The highest BCUT2D eigenvalue weighted by molar-refractivity contribution is 8.14. The summed E-state index contributed by atoms with van der Waals surface area (Å²) in [5, 5.41) is 12.8. The Morgan fingerprint density at radius 2 is 1.97 bits per heavy atom. The van der Waals surface area contributed by atoms with E-state index in [0.29, 0.717) is 33.2 Å². The van der Waals surface area contributed by atoms with Crippen molar-refractivity contribution in [1.82, 2.24) is 10.9 Å². The van der Waals surface area contributed by atoms with E-state index >= 15 is 0 Å². The smallest absolute Gasteiger partial charge is 0.234 e. The Kier molecular flexibility index (Phi) is 7.85. The van der Waals surface area contributed by atoms with Crippen LogP contribution in [-0.4, -0.2) is 49.1 Å². The van der Waals surface area contributed by atoms with Gasteiger partial charge in [-0.25, -0.2) is 10.4 Å². The summed E-state index contributed by atoms with van der Waals surface area (Å²) < 4.78 is 10.6. The fraction of sp³-hybridized carbons (Fsp3) is 0.375. The molecule has 11 heteroatoms. The van der Waals surface area contributed by atoms with Crippen LogP contribution in [0.2, 0.25) is 5.02 Å². The van der Waals surface area contributed by atoms with Gasteiger partial charge in [-0.3, -0.25) is 20.5 Å². The number of benzene rings is 2. The summed E-state index contributed by atoms with van der Waals surface area (Å²) in [6.45, 7) is 4.12. The van der Waals surface area contributed by atoms with Gasteiger partial charge in [0.05, 0.1) is 42.3 Å². The maximum Gasteiger partial charge on any atom is 0.234 e. The molecule has 2 aromatic rings. The van der Waals surface area contributed by atoms with Gasteiger partial charge < -0.3 is 14.8 Å².